The number of piperazine rings is 1. The summed E-state index contributed by atoms with van der Waals surface area (Å²) in [6, 6.07) is 21.9. The number of amides is 1. The lowest BCUT2D eigenvalue weighted by atomic mass is 10.1. The van der Waals surface area contributed by atoms with Gasteiger partial charge in [-0.05, 0) is 31.2 Å². The fraction of sp³-hybridized carbons (Fsp3) is 0.217. The molecule has 0 radical (unpaired) electrons. The molecule has 0 bridgehead atoms. The van der Waals surface area contributed by atoms with E-state index < -0.39 is 10.0 Å². The predicted octanol–water partition coefficient (Wildman–Crippen LogP) is 3.20. The molecule has 1 aromatic heterocycles. The summed E-state index contributed by atoms with van der Waals surface area (Å²) in [4.78, 5) is 19.6. The summed E-state index contributed by atoms with van der Waals surface area (Å²) in [5.41, 5.74) is 3.04. The van der Waals surface area contributed by atoms with E-state index in [0.29, 0.717) is 24.3 Å². The summed E-state index contributed by atoms with van der Waals surface area (Å²) in [6.45, 7) is 3.08. The monoisotopic (exact) mass is 421 g/mol. The second-order valence-electron chi connectivity index (χ2n) is 7.20. The molecule has 4 rings (SSSR count). The fourth-order valence-corrected chi connectivity index (χ4v) is 5.04. The van der Waals surface area contributed by atoms with Gasteiger partial charge >= 0.3 is 0 Å². The van der Waals surface area contributed by atoms with E-state index in [1.54, 1.807) is 41.3 Å². The van der Waals surface area contributed by atoms with E-state index in [9.17, 15) is 13.2 Å². The molecule has 1 amide bonds. The van der Waals surface area contributed by atoms with Gasteiger partial charge in [-0.1, -0.05) is 48.5 Å². The summed E-state index contributed by atoms with van der Waals surface area (Å²) in [6.07, 6.45) is 0. The average Bonchev–Trinajstić information content (AvgIpc) is 2.80. The van der Waals surface area contributed by atoms with Crippen LogP contribution in [0, 0.1) is 6.92 Å². The highest BCUT2D eigenvalue weighted by Crippen LogP contribution is 2.21. The maximum atomic E-state index is 13.0. The number of aromatic nitrogens is 1. The van der Waals surface area contributed by atoms with E-state index in [2.05, 4.69) is 4.98 Å². The lowest BCUT2D eigenvalue weighted by Gasteiger charge is -2.34. The number of carbonyl (C=O) groups is 1. The second-order valence-corrected chi connectivity index (χ2v) is 9.14. The Morgan fingerprint density at radius 3 is 2.03 bits per heavy atom. The zero-order chi connectivity index (χ0) is 21.1. The summed E-state index contributed by atoms with van der Waals surface area (Å²) >= 11 is 0. The number of aryl methyl sites for hydroxylation is 1. The van der Waals surface area contributed by atoms with Gasteiger partial charge < -0.3 is 4.90 Å². The molecule has 0 N–H and O–H groups in total. The minimum Gasteiger partial charge on any atom is -0.336 e. The first-order chi connectivity index (χ1) is 14.5. The molecule has 7 heteroatoms. The van der Waals surface area contributed by atoms with Gasteiger partial charge in [0.1, 0.15) is 0 Å². The number of hydrogen-bond donors (Lipinski definition) is 0. The van der Waals surface area contributed by atoms with Crippen LogP contribution in [0.4, 0.5) is 0 Å². The molecule has 6 nitrogen and oxygen atoms in total. The van der Waals surface area contributed by atoms with E-state index in [0.717, 1.165) is 11.3 Å². The van der Waals surface area contributed by atoms with Crippen LogP contribution in [0.25, 0.3) is 11.3 Å². The van der Waals surface area contributed by atoms with E-state index in [1.807, 2.05) is 43.3 Å². The van der Waals surface area contributed by atoms with Crippen molar-refractivity contribution >= 4 is 15.9 Å². The lowest BCUT2D eigenvalue weighted by Crippen LogP contribution is -2.50. The van der Waals surface area contributed by atoms with Gasteiger partial charge in [-0.3, -0.25) is 9.78 Å². The van der Waals surface area contributed by atoms with Gasteiger partial charge in [-0.15, -0.1) is 0 Å². The van der Waals surface area contributed by atoms with Crippen LogP contribution in [0.2, 0.25) is 0 Å². The van der Waals surface area contributed by atoms with Gasteiger partial charge in [0, 0.05) is 31.7 Å². The molecule has 0 spiro atoms. The van der Waals surface area contributed by atoms with Gasteiger partial charge in [-0.25, -0.2) is 8.42 Å². The molecule has 0 atom stereocenters. The summed E-state index contributed by atoms with van der Waals surface area (Å²) < 4.78 is 27.0. The first-order valence-electron chi connectivity index (χ1n) is 9.84. The SMILES string of the molecule is Cc1nc(-c2ccccc2)ccc1C(=O)N1CCN(S(=O)(=O)c2ccccc2)CC1. The number of nitrogens with zero attached hydrogens (tertiary/aromatic N) is 3. The summed E-state index contributed by atoms with van der Waals surface area (Å²) in [7, 11) is -3.54. The Morgan fingerprint density at radius 2 is 1.43 bits per heavy atom. The van der Waals surface area contributed by atoms with Crippen LogP contribution in [0.15, 0.2) is 77.7 Å². The van der Waals surface area contributed by atoms with Crippen molar-refractivity contribution in [1.82, 2.24) is 14.2 Å². The third-order valence-corrected chi connectivity index (χ3v) is 7.21. The van der Waals surface area contributed by atoms with Crippen molar-refractivity contribution in [2.45, 2.75) is 11.8 Å². The maximum Gasteiger partial charge on any atom is 0.255 e. The largest absolute Gasteiger partial charge is 0.336 e. The smallest absolute Gasteiger partial charge is 0.255 e. The molecule has 1 aliphatic heterocycles. The van der Waals surface area contributed by atoms with Crippen LogP contribution in [0.3, 0.4) is 0 Å². The standard InChI is InChI=1S/C23H23N3O3S/c1-18-21(12-13-22(24-18)19-8-4-2-5-9-19)23(27)25-14-16-26(17-15-25)30(28,29)20-10-6-3-7-11-20/h2-13H,14-17H2,1H3. The number of carbonyl (C=O) groups excluding carboxylic acids is 1. The average molecular weight is 422 g/mol. The van der Waals surface area contributed by atoms with Crippen LogP contribution in [-0.4, -0.2) is 54.7 Å². The number of benzene rings is 2. The first-order valence-corrected chi connectivity index (χ1v) is 11.3. The molecule has 1 saturated heterocycles. The van der Waals surface area contributed by atoms with Crippen molar-refractivity contribution in [2.24, 2.45) is 0 Å². The molecular formula is C23H23N3O3S. The zero-order valence-electron chi connectivity index (χ0n) is 16.7. The minimum absolute atomic E-state index is 0.114. The molecule has 2 aromatic carbocycles. The van der Waals surface area contributed by atoms with Gasteiger partial charge in [0.15, 0.2) is 0 Å². The molecule has 1 aliphatic rings. The Morgan fingerprint density at radius 1 is 0.833 bits per heavy atom. The zero-order valence-corrected chi connectivity index (χ0v) is 17.5. The van der Waals surface area contributed by atoms with Crippen molar-refractivity contribution in [3.63, 3.8) is 0 Å². The third kappa shape index (κ3) is 3.99. The van der Waals surface area contributed by atoms with E-state index >= 15 is 0 Å². The first kappa shape index (κ1) is 20.3. The molecule has 154 valence electrons. The number of rotatable bonds is 4. The molecule has 0 aliphatic carbocycles. The Labute approximate surface area is 176 Å². The van der Waals surface area contributed by atoms with Crippen molar-refractivity contribution < 1.29 is 13.2 Å². The van der Waals surface area contributed by atoms with Crippen LogP contribution >= 0.6 is 0 Å². The maximum absolute atomic E-state index is 13.0. The van der Waals surface area contributed by atoms with E-state index in [1.165, 1.54) is 4.31 Å². The topological polar surface area (TPSA) is 70.6 Å². The quantitative estimate of drug-likeness (QED) is 0.649. The molecule has 0 saturated carbocycles. The van der Waals surface area contributed by atoms with Gasteiger partial charge in [0.25, 0.3) is 5.91 Å². The molecule has 30 heavy (non-hydrogen) atoms. The van der Waals surface area contributed by atoms with Gasteiger partial charge in [0.05, 0.1) is 21.8 Å². The Balaban J connectivity index is 1.46. The van der Waals surface area contributed by atoms with Crippen molar-refractivity contribution in [2.75, 3.05) is 26.2 Å². The lowest BCUT2D eigenvalue weighted by molar-refractivity contribution is 0.0696. The molecule has 3 aromatic rings. The minimum atomic E-state index is -3.54. The fourth-order valence-electron chi connectivity index (χ4n) is 3.60. The van der Waals surface area contributed by atoms with Crippen LogP contribution in [-0.2, 0) is 10.0 Å². The predicted molar refractivity (Wildman–Crippen MR) is 116 cm³/mol. The van der Waals surface area contributed by atoms with Gasteiger partial charge in [-0.2, -0.15) is 4.31 Å². The number of pyridine rings is 1. The Hall–Kier alpha value is -3.03. The Bertz CT molecular complexity index is 1140. The van der Waals surface area contributed by atoms with Crippen molar-refractivity contribution in [3.05, 3.63) is 84.1 Å². The van der Waals surface area contributed by atoms with Gasteiger partial charge in [0.2, 0.25) is 10.0 Å². The number of sulfonamides is 1. The van der Waals surface area contributed by atoms with Crippen LogP contribution in [0.5, 0.6) is 0 Å². The molecular weight excluding hydrogens is 398 g/mol. The van der Waals surface area contributed by atoms with Crippen LogP contribution < -0.4 is 0 Å². The van der Waals surface area contributed by atoms with Crippen molar-refractivity contribution in [1.29, 1.82) is 0 Å². The summed E-state index contributed by atoms with van der Waals surface area (Å²) in [5, 5.41) is 0. The Kier molecular flexibility index (Phi) is 5.65. The number of hydrogen-bond acceptors (Lipinski definition) is 4. The third-order valence-electron chi connectivity index (χ3n) is 5.29. The summed E-state index contributed by atoms with van der Waals surface area (Å²) in [5.74, 6) is -0.114. The van der Waals surface area contributed by atoms with E-state index in [-0.39, 0.29) is 23.9 Å². The van der Waals surface area contributed by atoms with Crippen molar-refractivity contribution in [3.8, 4) is 11.3 Å². The van der Waals surface area contributed by atoms with E-state index in [4.69, 9.17) is 0 Å². The molecule has 0 unspecified atom stereocenters. The highest BCUT2D eigenvalue weighted by atomic mass is 32.2. The van der Waals surface area contributed by atoms with Crippen LogP contribution in [0.1, 0.15) is 16.1 Å². The normalized spacial score (nSPS) is 15.2. The highest BCUT2D eigenvalue weighted by molar-refractivity contribution is 7.89. The molecule has 2 heterocycles. The molecule has 1 fully saturated rings. The second kappa shape index (κ2) is 8.38. The highest BCUT2D eigenvalue weighted by Gasteiger charge is 2.30.